The van der Waals surface area contributed by atoms with E-state index < -0.39 is 44.6 Å². The zero-order valence-electron chi connectivity index (χ0n) is 18.6. The molecule has 4 rings (SSSR count). The number of furan rings is 1. The van der Waals surface area contributed by atoms with Gasteiger partial charge in [-0.2, -0.15) is 17.9 Å². The average molecular weight is 521 g/mol. The van der Waals surface area contributed by atoms with Gasteiger partial charge in [-0.15, -0.1) is 0 Å². The molecule has 188 valence electrons. The van der Waals surface area contributed by atoms with Crippen LogP contribution in [0.2, 0.25) is 0 Å². The largest absolute Gasteiger partial charge is 0.443 e. The fourth-order valence-electron chi connectivity index (χ4n) is 3.38. The zero-order chi connectivity index (χ0) is 26.1. The standard InChI is InChI=1S/C24H19F4N3O4S/c1-14(31-36(33,34)22-12-17-11-19(25)6-7-21(17)35-22)23(32)30-13-15-8-9-29-20(10-15)16-2-4-18(5-3-16)24(26,27)28/h2-12,14,31H,13H2,1H3,(H,30,32)/t14-/m0/s1. The van der Waals surface area contributed by atoms with E-state index in [0.29, 0.717) is 16.8 Å². The highest BCUT2D eigenvalue weighted by Crippen LogP contribution is 2.30. The summed E-state index contributed by atoms with van der Waals surface area (Å²) < 4.78 is 84.4. The Morgan fingerprint density at radius 1 is 1.06 bits per heavy atom. The number of amides is 1. The molecule has 2 aromatic heterocycles. The van der Waals surface area contributed by atoms with Gasteiger partial charge >= 0.3 is 6.18 Å². The van der Waals surface area contributed by atoms with Gasteiger partial charge in [0.25, 0.3) is 10.0 Å². The van der Waals surface area contributed by atoms with Crippen LogP contribution in [0.15, 0.2) is 76.4 Å². The van der Waals surface area contributed by atoms with Crippen molar-refractivity contribution in [1.29, 1.82) is 0 Å². The van der Waals surface area contributed by atoms with Crippen molar-refractivity contribution in [1.82, 2.24) is 15.0 Å². The monoisotopic (exact) mass is 521 g/mol. The Kier molecular flexibility index (Phi) is 6.83. The molecule has 4 aromatic rings. The van der Waals surface area contributed by atoms with Gasteiger partial charge in [0.05, 0.1) is 17.3 Å². The van der Waals surface area contributed by atoms with Crippen LogP contribution in [-0.4, -0.2) is 25.4 Å². The van der Waals surface area contributed by atoms with E-state index >= 15 is 0 Å². The van der Waals surface area contributed by atoms with E-state index in [1.165, 1.54) is 31.3 Å². The van der Waals surface area contributed by atoms with Crippen LogP contribution in [0.4, 0.5) is 17.6 Å². The Morgan fingerprint density at radius 3 is 2.47 bits per heavy atom. The summed E-state index contributed by atoms with van der Waals surface area (Å²) in [6.07, 6.45) is -3.00. The van der Waals surface area contributed by atoms with Gasteiger partial charge < -0.3 is 9.73 Å². The van der Waals surface area contributed by atoms with Crippen LogP contribution in [-0.2, 0) is 27.5 Å². The lowest BCUT2D eigenvalue weighted by Crippen LogP contribution is -2.44. The summed E-state index contributed by atoms with van der Waals surface area (Å²) in [4.78, 5) is 16.6. The Bertz CT molecular complexity index is 1520. The van der Waals surface area contributed by atoms with Crippen molar-refractivity contribution in [2.75, 3.05) is 0 Å². The highest BCUT2D eigenvalue weighted by atomic mass is 32.2. The number of sulfonamides is 1. The summed E-state index contributed by atoms with van der Waals surface area (Å²) >= 11 is 0. The van der Waals surface area contributed by atoms with Crippen LogP contribution in [0, 0.1) is 5.82 Å². The summed E-state index contributed by atoms with van der Waals surface area (Å²) in [6.45, 7) is 1.36. The number of pyridine rings is 1. The second kappa shape index (κ2) is 9.70. The summed E-state index contributed by atoms with van der Waals surface area (Å²) in [5.74, 6) is -1.18. The summed E-state index contributed by atoms with van der Waals surface area (Å²) in [6, 6.07) is 11.3. The lowest BCUT2D eigenvalue weighted by molar-refractivity contribution is -0.137. The van der Waals surface area contributed by atoms with Gasteiger partial charge in [-0.3, -0.25) is 9.78 Å². The van der Waals surface area contributed by atoms with Gasteiger partial charge in [0, 0.05) is 29.8 Å². The summed E-state index contributed by atoms with van der Waals surface area (Å²) in [7, 11) is -4.21. The number of halogens is 4. The minimum atomic E-state index is -4.45. The van der Waals surface area contributed by atoms with Crippen molar-refractivity contribution in [2.45, 2.75) is 30.8 Å². The minimum absolute atomic E-state index is 0.0188. The number of nitrogens with zero attached hydrogens (tertiary/aromatic N) is 1. The summed E-state index contributed by atoms with van der Waals surface area (Å²) in [5, 5.41) is 2.39. The molecule has 2 aromatic carbocycles. The molecule has 36 heavy (non-hydrogen) atoms. The number of alkyl halides is 3. The molecule has 0 unspecified atom stereocenters. The van der Waals surface area contributed by atoms with Crippen LogP contribution >= 0.6 is 0 Å². The van der Waals surface area contributed by atoms with Crippen LogP contribution in [0.3, 0.4) is 0 Å². The molecule has 2 heterocycles. The van der Waals surface area contributed by atoms with Crippen molar-refractivity contribution in [3.05, 3.63) is 83.8 Å². The molecule has 0 fully saturated rings. The number of carbonyl (C=O) groups is 1. The van der Waals surface area contributed by atoms with Gasteiger partial charge in [-0.05, 0) is 55.0 Å². The Labute approximate surface area is 203 Å². The van der Waals surface area contributed by atoms with Gasteiger partial charge in [0.15, 0.2) is 0 Å². The first kappa shape index (κ1) is 25.3. The van der Waals surface area contributed by atoms with E-state index in [4.69, 9.17) is 4.42 Å². The first-order valence-corrected chi connectivity index (χ1v) is 12.0. The van der Waals surface area contributed by atoms with Crippen molar-refractivity contribution < 1.29 is 35.2 Å². The predicted molar refractivity (Wildman–Crippen MR) is 122 cm³/mol. The Hall–Kier alpha value is -3.77. The smallest absolute Gasteiger partial charge is 0.416 e. The molecule has 1 atom stereocenters. The van der Waals surface area contributed by atoms with Crippen molar-refractivity contribution in [3.63, 3.8) is 0 Å². The van der Waals surface area contributed by atoms with Crippen LogP contribution in [0.1, 0.15) is 18.1 Å². The predicted octanol–water partition coefficient (Wildman–Crippen LogP) is 4.64. The van der Waals surface area contributed by atoms with E-state index in [1.54, 1.807) is 12.1 Å². The molecule has 0 saturated carbocycles. The quantitative estimate of drug-likeness (QED) is 0.345. The molecule has 0 aliphatic heterocycles. The molecular formula is C24H19F4N3O4S. The molecule has 1 amide bonds. The number of rotatable bonds is 7. The highest BCUT2D eigenvalue weighted by Gasteiger charge is 2.30. The fourth-order valence-corrected chi connectivity index (χ4v) is 4.55. The molecule has 12 heteroatoms. The van der Waals surface area contributed by atoms with Gasteiger partial charge in [0.1, 0.15) is 11.4 Å². The number of fused-ring (bicyclic) bond motifs is 1. The van der Waals surface area contributed by atoms with Gasteiger partial charge in [-0.25, -0.2) is 12.8 Å². The second-order valence-corrected chi connectivity index (χ2v) is 9.58. The molecule has 0 radical (unpaired) electrons. The van der Waals surface area contributed by atoms with Crippen molar-refractivity contribution in [2.24, 2.45) is 0 Å². The number of hydrogen-bond acceptors (Lipinski definition) is 5. The van der Waals surface area contributed by atoms with E-state index in [9.17, 15) is 30.8 Å². The summed E-state index contributed by atoms with van der Waals surface area (Å²) in [5.41, 5.74) is 0.868. The highest BCUT2D eigenvalue weighted by molar-refractivity contribution is 7.89. The molecule has 0 spiro atoms. The molecular weight excluding hydrogens is 502 g/mol. The topological polar surface area (TPSA) is 101 Å². The number of carbonyl (C=O) groups excluding carboxylic acids is 1. The van der Waals surface area contributed by atoms with E-state index in [-0.39, 0.29) is 17.5 Å². The average Bonchev–Trinajstić information content (AvgIpc) is 3.26. The third-order valence-electron chi connectivity index (χ3n) is 5.24. The SMILES string of the molecule is C[C@H](NS(=O)(=O)c1cc2cc(F)ccc2o1)C(=O)NCc1ccnc(-c2ccc(C(F)(F)F)cc2)c1. The first-order valence-electron chi connectivity index (χ1n) is 10.5. The van der Waals surface area contributed by atoms with Crippen LogP contribution < -0.4 is 10.0 Å². The first-order chi connectivity index (χ1) is 16.9. The van der Waals surface area contributed by atoms with Crippen molar-refractivity contribution >= 4 is 26.9 Å². The minimum Gasteiger partial charge on any atom is -0.443 e. The molecule has 0 bridgehead atoms. The molecule has 0 aliphatic rings. The fraction of sp³-hybridized carbons (Fsp3) is 0.167. The molecule has 2 N–H and O–H groups in total. The van der Waals surface area contributed by atoms with Crippen molar-refractivity contribution in [3.8, 4) is 11.3 Å². The third-order valence-corrected chi connectivity index (χ3v) is 6.64. The lowest BCUT2D eigenvalue weighted by atomic mass is 10.1. The molecule has 0 aliphatic carbocycles. The number of hydrogen-bond donors (Lipinski definition) is 2. The third kappa shape index (κ3) is 5.71. The Morgan fingerprint density at radius 2 is 1.78 bits per heavy atom. The number of aromatic nitrogens is 1. The van der Waals surface area contributed by atoms with E-state index in [2.05, 4.69) is 15.0 Å². The van der Waals surface area contributed by atoms with Crippen LogP contribution in [0.5, 0.6) is 0 Å². The maximum absolute atomic E-state index is 13.4. The molecule has 0 saturated heterocycles. The zero-order valence-corrected chi connectivity index (χ0v) is 19.5. The normalized spacial score (nSPS) is 13.0. The van der Waals surface area contributed by atoms with Crippen LogP contribution in [0.25, 0.3) is 22.2 Å². The number of benzene rings is 2. The van der Waals surface area contributed by atoms with E-state index in [0.717, 1.165) is 30.3 Å². The van der Waals surface area contributed by atoms with E-state index in [1.807, 2.05) is 0 Å². The molecule has 7 nitrogen and oxygen atoms in total. The number of nitrogens with one attached hydrogen (secondary N) is 2. The van der Waals surface area contributed by atoms with Gasteiger partial charge in [-0.1, -0.05) is 12.1 Å². The second-order valence-electron chi connectivity index (χ2n) is 7.93. The van der Waals surface area contributed by atoms with Gasteiger partial charge in [0.2, 0.25) is 11.0 Å². The lowest BCUT2D eigenvalue weighted by Gasteiger charge is -2.14. The maximum Gasteiger partial charge on any atom is 0.416 e. The Balaban J connectivity index is 1.39. The maximum atomic E-state index is 13.4.